The molecule has 26 heavy (non-hydrogen) atoms. The van der Waals surface area contributed by atoms with E-state index in [4.69, 9.17) is 0 Å². The van der Waals surface area contributed by atoms with Gasteiger partial charge in [-0.05, 0) is 24.5 Å². The van der Waals surface area contributed by atoms with E-state index >= 15 is 0 Å². The van der Waals surface area contributed by atoms with Crippen LogP contribution in [-0.2, 0) is 11.8 Å². The largest absolute Gasteiger partial charge is 0.351 e. The molecule has 0 spiro atoms. The Kier molecular flexibility index (Phi) is 6.82. The third-order valence-corrected chi connectivity index (χ3v) is 3.86. The highest BCUT2D eigenvalue weighted by molar-refractivity contribution is 5.94. The van der Waals surface area contributed by atoms with Crippen molar-refractivity contribution in [1.29, 1.82) is 0 Å². The Bertz CT molecular complexity index is 760. The summed E-state index contributed by atoms with van der Waals surface area (Å²) in [7, 11) is 1.77. The quantitative estimate of drug-likeness (QED) is 0.752. The Morgan fingerprint density at radius 2 is 2.00 bits per heavy atom. The van der Waals surface area contributed by atoms with Crippen molar-refractivity contribution in [2.45, 2.75) is 32.7 Å². The van der Waals surface area contributed by atoms with E-state index in [2.05, 4.69) is 34.6 Å². The van der Waals surface area contributed by atoms with Crippen LogP contribution in [0.4, 0.5) is 4.39 Å². The highest BCUT2D eigenvalue weighted by Crippen LogP contribution is 2.18. The Labute approximate surface area is 152 Å². The molecule has 1 atom stereocenters. The minimum absolute atomic E-state index is 0.0373. The van der Waals surface area contributed by atoms with Crippen LogP contribution >= 0.6 is 0 Å². The SMILES string of the molecule is CC(C)C[C@@H](NC(=O)CCNC(=O)c1ccccc1F)c1ncnn1C. The van der Waals surface area contributed by atoms with Gasteiger partial charge in [-0.3, -0.25) is 14.3 Å². The van der Waals surface area contributed by atoms with Gasteiger partial charge in [0.25, 0.3) is 5.91 Å². The van der Waals surface area contributed by atoms with Crippen molar-refractivity contribution < 1.29 is 14.0 Å². The van der Waals surface area contributed by atoms with E-state index in [0.717, 1.165) is 6.42 Å². The third-order valence-electron chi connectivity index (χ3n) is 3.86. The summed E-state index contributed by atoms with van der Waals surface area (Å²) in [6, 6.07) is 5.47. The van der Waals surface area contributed by atoms with Crippen LogP contribution in [0.25, 0.3) is 0 Å². The number of benzene rings is 1. The standard InChI is InChI=1S/C18H24FN5O2/c1-12(2)10-15(17-21-11-22-24(17)3)23-16(25)8-9-20-18(26)13-6-4-5-7-14(13)19/h4-7,11-12,15H,8-10H2,1-3H3,(H,20,26)(H,23,25)/t15-/m1/s1. The average Bonchev–Trinajstić information content (AvgIpc) is 3.00. The topological polar surface area (TPSA) is 88.9 Å². The number of aryl methyl sites for hydroxylation is 1. The Balaban J connectivity index is 1.87. The molecule has 2 aromatic rings. The fraction of sp³-hybridized carbons (Fsp3) is 0.444. The average molecular weight is 361 g/mol. The lowest BCUT2D eigenvalue weighted by molar-refractivity contribution is -0.121. The summed E-state index contributed by atoms with van der Waals surface area (Å²) in [5, 5.41) is 9.53. The summed E-state index contributed by atoms with van der Waals surface area (Å²) in [6.45, 7) is 4.24. The van der Waals surface area contributed by atoms with E-state index in [1.165, 1.54) is 24.5 Å². The number of nitrogens with one attached hydrogen (secondary N) is 2. The number of hydrogen-bond acceptors (Lipinski definition) is 4. The zero-order valence-corrected chi connectivity index (χ0v) is 15.2. The van der Waals surface area contributed by atoms with Crippen LogP contribution in [-0.4, -0.2) is 33.1 Å². The molecule has 0 saturated carbocycles. The van der Waals surface area contributed by atoms with Crippen molar-refractivity contribution in [1.82, 2.24) is 25.4 Å². The van der Waals surface area contributed by atoms with Crippen LogP contribution in [0.3, 0.4) is 0 Å². The molecule has 0 aliphatic rings. The van der Waals surface area contributed by atoms with Crippen molar-refractivity contribution in [3.63, 3.8) is 0 Å². The molecule has 0 radical (unpaired) electrons. The summed E-state index contributed by atoms with van der Waals surface area (Å²) in [5.41, 5.74) is -0.0373. The van der Waals surface area contributed by atoms with Crippen molar-refractivity contribution in [2.24, 2.45) is 13.0 Å². The van der Waals surface area contributed by atoms with Gasteiger partial charge < -0.3 is 10.6 Å². The van der Waals surface area contributed by atoms with Crippen molar-refractivity contribution >= 4 is 11.8 Å². The van der Waals surface area contributed by atoms with Gasteiger partial charge in [0.1, 0.15) is 18.0 Å². The smallest absolute Gasteiger partial charge is 0.254 e. The van der Waals surface area contributed by atoms with Crippen LogP contribution in [0.5, 0.6) is 0 Å². The van der Waals surface area contributed by atoms with Gasteiger partial charge >= 0.3 is 0 Å². The maximum absolute atomic E-state index is 13.6. The van der Waals surface area contributed by atoms with Crippen molar-refractivity contribution in [3.8, 4) is 0 Å². The highest BCUT2D eigenvalue weighted by atomic mass is 19.1. The lowest BCUT2D eigenvalue weighted by Gasteiger charge is -2.20. The molecule has 0 unspecified atom stereocenters. The zero-order chi connectivity index (χ0) is 19.1. The normalized spacial score (nSPS) is 12.0. The molecule has 0 aliphatic heterocycles. The second kappa shape index (κ2) is 9.07. The van der Waals surface area contributed by atoms with Crippen LogP contribution in [0, 0.1) is 11.7 Å². The predicted octanol–water partition coefficient (Wildman–Crippen LogP) is 1.98. The number of carbonyl (C=O) groups excluding carboxylic acids is 2. The molecule has 140 valence electrons. The Morgan fingerprint density at radius 1 is 1.27 bits per heavy atom. The molecular weight excluding hydrogens is 337 g/mol. The molecule has 2 rings (SSSR count). The maximum Gasteiger partial charge on any atom is 0.254 e. The van der Waals surface area contributed by atoms with E-state index in [1.54, 1.807) is 17.8 Å². The third kappa shape index (κ3) is 5.37. The molecule has 1 aromatic heterocycles. The van der Waals surface area contributed by atoms with E-state index in [9.17, 15) is 14.0 Å². The van der Waals surface area contributed by atoms with Gasteiger partial charge in [0.15, 0.2) is 0 Å². The number of amides is 2. The molecule has 7 nitrogen and oxygen atoms in total. The second-order valence-corrected chi connectivity index (χ2v) is 6.48. The van der Waals surface area contributed by atoms with Crippen molar-refractivity contribution in [3.05, 3.63) is 47.8 Å². The first-order chi connectivity index (χ1) is 12.4. The molecule has 8 heteroatoms. The summed E-state index contributed by atoms with van der Waals surface area (Å²) >= 11 is 0. The van der Waals surface area contributed by atoms with Crippen molar-refractivity contribution in [2.75, 3.05) is 6.54 Å². The molecule has 0 fully saturated rings. The van der Waals surface area contributed by atoms with Gasteiger partial charge in [-0.15, -0.1) is 0 Å². The zero-order valence-electron chi connectivity index (χ0n) is 15.2. The highest BCUT2D eigenvalue weighted by Gasteiger charge is 2.20. The predicted molar refractivity (Wildman–Crippen MR) is 94.7 cm³/mol. The van der Waals surface area contributed by atoms with Crippen LogP contribution in [0.2, 0.25) is 0 Å². The molecule has 2 N–H and O–H groups in total. The lowest BCUT2D eigenvalue weighted by atomic mass is 10.0. The molecule has 0 saturated heterocycles. The minimum Gasteiger partial charge on any atom is -0.351 e. The van der Waals surface area contributed by atoms with Crippen LogP contribution in [0.15, 0.2) is 30.6 Å². The number of halogens is 1. The van der Waals surface area contributed by atoms with Gasteiger partial charge in [0.2, 0.25) is 5.91 Å². The molecule has 1 aromatic carbocycles. The number of aromatic nitrogens is 3. The summed E-state index contributed by atoms with van der Waals surface area (Å²) in [4.78, 5) is 28.4. The summed E-state index contributed by atoms with van der Waals surface area (Å²) < 4.78 is 15.2. The number of hydrogen-bond donors (Lipinski definition) is 2. The minimum atomic E-state index is -0.589. The lowest BCUT2D eigenvalue weighted by Crippen LogP contribution is -2.34. The first kappa shape index (κ1) is 19.6. The molecule has 0 bridgehead atoms. The van der Waals surface area contributed by atoms with Gasteiger partial charge in [-0.1, -0.05) is 26.0 Å². The fourth-order valence-electron chi connectivity index (χ4n) is 2.62. The summed E-state index contributed by atoms with van der Waals surface area (Å²) in [6.07, 6.45) is 2.26. The van der Waals surface area contributed by atoms with E-state index in [0.29, 0.717) is 11.7 Å². The number of carbonyl (C=O) groups is 2. The van der Waals surface area contributed by atoms with E-state index in [1.807, 2.05) is 0 Å². The van der Waals surface area contributed by atoms with Gasteiger partial charge in [0.05, 0.1) is 11.6 Å². The number of rotatable bonds is 8. The fourth-order valence-corrected chi connectivity index (χ4v) is 2.62. The summed E-state index contributed by atoms with van der Waals surface area (Å²) in [5.74, 6) is -0.302. The van der Waals surface area contributed by atoms with Gasteiger partial charge in [0, 0.05) is 20.0 Å². The van der Waals surface area contributed by atoms with Crippen LogP contribution < -0.4 is 10.6 Å². The molecule has 1 heterocycles. The first-order valence-corrected chi connectivity index (χ1v) is 8.54. The van der Waals surface area contributed by atoms with E-state index in [-0.39, 0.29) is 30.5 Å². The number of nitrogens with zero attached hydrogens (tertiary/aromatic N) is 3. The maximum atomic E-state index is 13.6. The van der Waals surface area contributed by atoms with Crippen LogP contribution in [0.1, 0.15) is 48.9 Å². The Morgan fingerprint density at radius 3 is 2.62 bits per heavy atom. The molecule has 0 aliphatic carbocycles. The van der Waals surface area contributed by atoms with E-state index < -0.39 is 11.7 Å². The molecule has 2 amide bonds. The first-order valence-electron chi connectivity index (χ1n) is 8.54. The monoisotopic (exact) mass is 361 g/mol. The van der Waals surface area contributed by atoms with Gasteiger partial charge in [-0.2, -0.15) is 5.10 Å². The second-order valence-electron chi connectivity index (χ2n) is 6.48. The Hall–Kier alpha value is -2.77. The molecular formula is C18H24FN5O2. The van der Waals surface area contributed by atoms with Gasteiger partial charge in [-0.25, -0.2) is 9.37 Å².